The van der Waals surface area contributed by atoms with Crippen molar-refractivity contribution >= 4 is 0 Å². The van der Waals surface area contributed by atoms with Crippen LogP contribution in [0.25, 0.3) is 0 Å². The first-order valence-electron chi connectivity index (χ1n) is 6.85. The summed E-state index contributed by atoms with van der Waals surface area (Å²) < 4.78 is 5.96. The van der Waals surface area contributed by atoms with Gasteiger partial charge in [-0.15, -0.1) is 6.58 Å². The van der Waals surface area contributed by atoms with Crippen molar-refractivity contribution in [1.82, 2.24) is 4.90 Å². The van der Waals surface area contributed by atoms with Gasteiger partial charge in [-0.3, -0.25) is 4.90 Å². The SMILES string of the molecule is C=CCC[C@H](O)CN1C[C@H](C)O[C@@H](C2CC2)C1. The number of ether oxygens (including phenoxy) is 1. The predicted molar refractivity (Wildman–Crippen MR) is 68.9 cm³/mol. The second-order valence-electron chi connectivity index (χ2n) is 5.56. The van der Waals surface area contributed by atoms with Crippen LogP contribution in [0.2, 0.25) is 0 Å². The highest BCUT2D eigenvalue weighted by molar-refractivity contribution is 4.88. The van der Waals surface area contributed by atoms with Gasteiger partial charge in [0.25, 0.3) is 0 Å². The fourth-order valence-electron chi connectivity index (χ4n) is 2.65. The van der Waals surface area contributed by atoms with Crippen molar-refractivity contribution < 1.29 is 9.84 Å². The van der Waals surface area contributed by atoms with Gasteiger partial charge in [0, 0.05) is 19.6 Å². The Labute approximate surface area is 104 Å². The lowest BCUT2D eigenvalue weighted by Crippen LogP contribution is -2.49. The van der Waals surface area contributed by atoms with Crippen LogP contribution < -0.4 is 0 Å². The summed E-state index contributed by atoms with van der Waals surface area (Å²) >= 11 is 0. The molecule has 1 heterocycles. The van der Waals surface area contributed by atoms with Crippen molar-refractivity contribution in [2.75, 3.05) is 19.6 Å². The molecule has 0 bridgehead atoms. The van der Waals surface area contributed by atoms with Crippen molar-refractivity contribution in [3.8, 4) is 0 Å². The Kier molecular flexibility index (Phi) is 4.60. The fraction of sp³-hybridized carbons (Fsp3) is 0.857. The molecule has 1 aliphatic carbocycles. The number of allylic oxidation sites excluding steroid dienone is 1. The molecule has 3 heteroatoms. The minimum atomic E-state index is -0.224. The lowest BCUT2D eigenvalue weighted by atomic mass is 10.1. The summed E-state index contributed by atoms with van der Waals surface area (Å²) in [6.07, 6.45) is 6.73. The third-order valence-electron chi connectivity index (χ3n) is 3.68. The first-order chi connectivity index (χ1) is 8.19. The van der Waals surface area contributed by atoms with Gasteiger partial charge in [0.2, 0.25) is 0 Å². The van der Waals surface area contributed by atoms with Crippen molar-refractivity contribution in [3.05, 3.63) is 12.7 Å². The molecule has 98 valence electrons. The molecule has 0 amide bonds. The molecule has 0 aromatic carbocycles. The second kappa shape index (κ2) is 5.98. The van der Waals surface area contributed by atoms with Crippen LogP contribution in [-0.4, -0.2) is 48.0 Å². The molecule has 0 unspecified atom stereocenters. The van der Waals surface area contributed by atoms with Gasteiger partial charge in [-0.05, 0) is 38.5 Å². The molecule has 1 N–H and O–H groups in total. The van der Waals surface area contributed by atoms with Crippen LogP contribution in [0, 0.1) is 5.92 Å². The number of aliphatic hydroxyl groups is 1. The normalized spacial score (nSPS) is 32.4. The van der Waals surface area contributed by atoms with Gasteiger partial charge in [0.15, 0.2) is 0 Å². The van der Waals surface area contributed by atoms with Gasteiger partial charge in [-0.2, -0.15) is 0 Å². The number of hydrogen-bond donors (Lipinski definition) is 1. The Balaban J connectivity index is 1.76. The fourth-order valence-corrected chi connectivity index (χ4v) is 2.65. The molecule has 1 aliphatic heterocycles. The molecular weight excluding hydrogens is 214 g/mol. The van der Waals surface area contributed by atoms with Gasteiger partial charge in [-0.25, -0.2) is 0 Å². The van der Waals surface area contributed by atoms with Crippen LogP contribution in [0.4, 0.5) is 0 Å². The molecule has 2 fully saturated rings. The summed E-state index contributed by atoms with van der Waals surface area (Å²) in [6, 6.07) is 0. The zero-order valence-electron chi connectivity index (χ0n) is 10.8. The molecule has 2 rings (SSSR count). The lowest BCUT2D eigenvalue weighted by molar-refractivity contribution is -0.0932. The molecule has 3 atom stereocenters. The lowest BCUT2D eigenvalue weighted by Gasteiger charge is -2.37. The summed E-state index contributed by atoms with van der Waals surface area (Å²) in [4.78, 5) is 2.37. The summed E-state index contributed by atoms with van der Waals surface area (Å²) in [5, 5.41) is 9.93. The second-order valence-corrected chi connectivity index (χ2v) is 5.56. The highest BCUT2D eigenvalue weighted by Gasteiger charge is 2.37. The van der Waals surface area contributed by atoms with Crippen LogP contribution >= 0.6 is 0 Å². The van der Waals surface area contributed by atoms with Gasteiger partial charge < -0.3 is 9.84 Å². The summed E-state index contributed by atoms with van der Waals surface area (Å²) in [6.45, 7) is 8.56. The molecule has 1 saturated heterocycles. The third-order valence-corrected chi connectivity index (χ3v) is 3.68. The van der Waals surface area contributed by atoms with E-state index in [2.05, 4.69) is 18.4 Å². The first kappa shape index (κ1) is 13.1. The van der Waals surface area contributed by atoms with E-state index in [1.807, 2.05) is 6.08 Å². The zero-order chi connectivity index (χ0) is 12.3. The van der Waals surface area contributed by atoms with Gasteiger partial charge >= 0.3 is 0 Å². The van der Waals surface area contributed by atoms with Crippen LogP contribution in [0.15, 0.2) is 12.7 Å². The van der Waals surface area contributed by atoms with Crippen molar-refractivity contribution in [1.29, 1.82) is 0 Å². The number of β-amino-alcohol motifs (C(OH)–C–C–N with tert-alkyl or cyclic N) is 1. The molecule has 0 aromatic heterocycles. The number of hydrogen-bond acceptors (Lipinski definition) is 3. The Bertz CT molecular complexity index is 253. The standard InChI is InChI=1S/C14H25NO2/c1-3-4-5-13(16)9-15-8-11(2)17-14(10-15)12-6-7-12/h3,11-14,16H,1,4-10H2,2H3/t11-,13-,14+/m0/s1. The van der Waals surface area contributed by atoms with Crippen LogP contribution in [0.5, 0.6) is 0 Å². The molecule has 0 spiro atoms. The quantitative estimate of drug-likeness (QED) is 0.718. The smallest absolute Gasteiger partial charge is 0.0734 e. The van der Waals surface area contributed by atoms with E-state index in [9.17, 15) is 5.11 Å². The summed E-state index contributed by atoms with van der Waals surface area (Å²) in [5.74, 6) is 0.783. The molecule has 2 aliphatic rings. The molecule has 1 saturated carbocycles. The molecule has 0 aromatic rings. The predicted octanol–water partition coefficient (Wildman–Crippen LogP) is 1.81. The van der Waals surface area contributed by atoms with Crippen LogP contribution in [0.3, 0.4) is 0 Å². The van der Waals surface area contributed by atoms with Crippen molar-refractivity contribution in [2.24, 2.45) is 5.92 Å². The van der Waals surface area contributed by atoms with E-state index in [0.29, 0.717) is 12.2 Å². The Morgan fingerprint density at radius 2 is 2.24 bits per heavy atom. The van der Waals surface area contributed by atoms with E-state index in [1.165, 1.54) is 12.8 Å². The van der Waals surface area contributed by atoms with Gasteiger partial charge in [0.05, 0.1) is 18.3 Å². The molecule has 3 nitrogen and oxygen atoms in total. The zero-order valence-corrected chi connectivity index (χ0v) is 10.8. The van der Waals surface area contributed by atoms with Crippen molar-refractivity contribution in [2.45, 2.75) is 50.9 Å². The van der Waals surface area contributed by atoms with E-state index >= 15 is 0 Å². The van der Waals surface area contributed by atoms with Crippen LogP contribution in [0.1, 0.15) is 32.6 Å². The Morgan fingerprint density at radius 1 is 1.47 bits per heavy atom. The minimum Gasteiger partial charge on any atom is -0.392 e. The van der Waals surface area contributed by atoms with E-state index in [-0.39, 0.29) is 6.10 Å². The number of nitrogens with zero attached hydrogens (tertiary/aromatic N) is 1. The van der Waals surface area contributed by atoms with Gasteiger partial charge in [-0.1, -0.05) is 6.08 Å². The number of morpholine rings is 1. The maximum atomic E-state index is 9.93. The highest BCUT2D eigenvalue weighted by Crippen LogP contribution is 2.36. The Morgan fingerprint density at radius 3 is 2.88 bits per heavy atom. The van der Waals surface area contributed by atoms with Crippen molar-refractivity contribution in [3.63, 3.8) is 0 Å². The maximum Gasteiger partial charge on any atom is 0.0734 e. The summed E-state index contributed by atoms with van der Waals surface area (Å²) in [7, 11) is 0. The monoisotopic (exact) mass is 239 g/mol. The first-order valence-corrected chi connectivity index (χ1v) is 6.85. The van der Waals surface area contributed by atoms with Gasteiger partial charge in [0.1, 0.15) is 0 Å². The molecule has 0 radical (unpaired) electrons. The molecular formula is C14H25NO2. The third kappa shape index (κ3) is 4.09. The van der Waals surface area contributed by atoms with E-state index in [4.69, 9.17) is 4.74 Å². The maximum absolute atomic E-state index is 9.93. The van der Waals surface area contributed by atoms with E-state index in [1.54, 1.807) is 0 Å². The largest absolute Gasteiger partial charge is 0.392 e. The topological polar surface area (TPSA) is 32.7 Å². The Hall–Kier alpha value is -0.380. The van der Waals surface area contributed by atoms with Crippen LogP contribution in [-0.2, 0) is 4.74 Å². The van der Waals surface area contributed by atoms with E-state index < -0.39 is 0 Å². The average molecular weight is 239 g/mol. The number of aliphatic hydroxyl groups excluding tert-OH is 1. The average Bonchev–Trinajstić information content (AvgIpc) is 3.09. The van der Waals surface area contributed by atoms with E-state index in [0.717, 1.165) is 38.4 Å². The molecule has 17 heavy (non-hydrogen) atoms. The highest BCUT2D eigenvalue weighted by atomic mass is 16.5. The number of rotatable bonds is 6. The summed E-state index contributed by atoms with van der Waals surface area (Å²) in [5.41, 5.74) is 0. The minimum absolute atomic E-state index is 0.224.